The Morgan fingerprint density at radius 3 is 2.44 bits per heavy atom. The number of carbonyl (C=O) groups excluding carboxylic acids is 2. The van der Waals surface area contributed by atoms with Crippen LogP contribution in [0, 0.1) is 0 Å². The Morgan fingerprint density at radius 2 is 1.88 bits per heavy atom. The number of nitrogens with zero attached hydrogens (tertiary/aromatic N) is 1. The van der Waals surface area contributed by atoms with Crippen LogP contribution in [0.3, 0.4) is 0 Å². The highest BCUT2D eigenvalue weighted by molar-refractivity contribution is 7.95. The van der Waals surface area contributed by atoms with Crippen LogP contribution in [-0.2, 0) is 6.54 Å². The van der Waals surface area contributed by atoms with Crippen LogP contribution < -0.4 is 15.6 Å². The van der Waals surface area contributed by atoms with Gasteiger partial charge in [-0.15, -0.1) is 6.58 Å². The minimum absolute atomic E-state index is 0.0960. The summed E-state index contributed by atoms with van der Waals surface area (Å²) in [6, 6.07) is 13.5. The van der Waals surface area contributed by atoms with E-state index in [1.807, 2.05) is 35.1 Å². The number of para-hydroxylation sites is 2. The molecular formula is C18H20N4O2S. The zero-order chi connectivity index (χ0) is 18.4. The molecule has 0 aliphatic carbocycles. The number of hydrogen-bond donors (Lipinski definition) is 3. The van der Waals surface area contributed by atoms with Crippen molar-refractivity contribution in [3.63, 3.8) is 0 Å². The van der Waals surface area contributed by atoms with Crippen molar-refractivity contribution in [1.29, 1.82) is 0 Å². The number of urea groups is 1. The first-order valence-electron chi connectivity index (χ1n) is 7.54. The molecule has 0 aliphatic heterocycles. The molecule has 7 heteroatoms. The summed E-state index contributed by atoms with van der Waals surface area (Å²) in [7, 11) is 0. The minimum Gasteiger partial charge on any atom is -0.351 e. The van der Waals surface area contributed by atoms with Crippen LogP contribution in [-0.4, -0.2) is 16.4 Å². The first-order valence-corrected chi connectivity index (χ1v) is 8.42. The molecule has 1 aromatic heterocycles. The Hall–Kier alpha value is -2.77. The molecule has 0 atom stereocenters. The number of hydrogen-bond acceptors (Lipinski definition) is 4. The molecule has 2 aromatic carbocycles. The van der Waals surface area contributed by atoms with Gasteiger partial charge in [0.15, 0.2) is 5.78 Å². The van der Waals surface area contributed by atoms with Crippen LogP contribution >= 0.6 is 12.1 Å². The average molecular weight is 356 g/mol. The number of carbonyl (C=O) groups is 2. The number of allylic oxidation sites excluding steroid dienone is 1. The Bertz CT molecular complexity index is 933. The molecule has 0 unspecified atom stereocenters. The number of benzene rings is 2. The molecule has 1 heterocycles. The summed E-state index contributed by atoms with van der Waals surface area (Å²) in [5.74, 6) is 0.0960. The number of Topliss-reactive ketones (excluding diaryl/α,β-unsaturated/α-hetero) is 1. The van der Waals surface area contributed by atoms with E-state index >= 15 is 0 Å². The van der Waals surface area contributed by atoms with E-state index in [-0.39, 0.29) is 5.78 Å². The Balaban J connectivity index is 0.000000326. The molecular weight excluding hydrogens is 336 g/mol. The molecule has 0 aliphatic rings. The van der Waals surface area contributed by atoms with Crippen molar-refractivity contribution in [2.24, 2.45) is 10.9 Å². The summed E-state index contributed by atoms with van der Waals surface area (Å²) in [5.41, 5.74) is 7.48. The van der Waals surface area contributed by atoms with E-state index in [2.05, 4.69) is 35.1 Å². The molecule has 3 rings (SSSR count). The van der Waals surface area contributed by atoms with Gasteiger partial charge in [0.25, 0.3) is 0 Å². The minimum atomic E-state index is -0.623. The van der Waals surface area contributed by atoms with Gasteiger partial charge in [-0.25, -0.2) is 4.79 Å². The van der Waals surface area contributed by atoms with E-state index in [1.165, 1.54) is 5.39 Å². The summed E-state index contributed by atoms with van der Waals surface area (Å²) in [6.07, 6.45) is 1.86. The smallest absolute Gasteiger partial charge is 0.323 e. The predicted octanol–water partition coefficient (Wildman–Crippen LogP) is 3.36. The van der Waals surface area contributed by atoms with Crippen LogP contribution in [0.25, 0.3) is 21.8 Å². The maximum absolute atomic E-state index is 11.9. The maximum Gasteiger partial charge on any atom is 0.323 e. The third kappa shape index (κ3) is 4.01. The summed E-state index contributed by atoms with van der Waals surface area (Å²) >= 11 is 0.685. The molecule has 3 aromatic rings. The topological polar surface area (TPSA) is 103 Å². The van der Waals surface area contributed by atoms with Crippen LogP contribution in [0.4, 0.5) is 4.79 Å². The number of primary amides is 1. The molecule has 0 saturated heterocycles. The van der Waals surface area contributed by atoms with Gasteiger partial charge in [-0.05, 0) is 19.1 Å². The van der Waals surface area contributed by atoms with Crippen molar-refractivity contribution >= 4 is 45.8 Å². The summed E-state index contributed by atoms with van der Waals surface area (Å²) < 4.78 is 4.20. The number of amides is 2. The molecule has 130 valence electrons. The lowest BCUT2D eigenvalue weighted by molar-refractivity contribution is 0.101. The lowest BCUT2D eigenvalue weighted by Crippen LogP contribution is -2.24. The van der Waals surface area contributed by atoms with Gasteiger partial charge < -0.3 is 10.3 Å². The highest BCUT2D eigenvalue weighted by atomic mass is 32.2. The third-order valence-corrected chi connectivity index (χ3v) is 3.96. The normalized spacial score (nSPS) is 10.2. The second-order valence-electron chi connectivity index (χ2n) is 5.26. The standard InChI is InChI=1S/C17H15NO.CH5N3OS/c1-3-11-18-16-10-5-4-7-14(16)15-9-6-8-13(12(2)19)17(15)18;2-1(5)4-6-3/h3-10H,1,11H2,2H3;3H2,(H3,2,4,5). The Labute approximate surface area is 150 Å². The van der Waals surface area contributed by atoms with Crippen LogP contribution in [0.1, 0.15) is 17.3 Å². The van der Waals surface area contributed by atoms with Gasteiger partial charge in [-0.1, -0.05) is 36.4 Å². The van der Waals surface area contributed by atoms with Gasteiger partial charge in [0.1, 0.15) is 0 Å². The zero-order valence-electron chi connectivity index (χ0n) is 13.9. The highest BCUT2D eigenvalue weighted by Gasteiger charge is 2.14. The fraction of sp³-hybridized carbons (Fsp3) is 0.111. The fourth-order valence-electron chi connectivity index (χ4n) is 2.77. The van der Waals surface area contributed by atoms with Crippen molar-refractivity contribution in [2.45, 2.75) is 13.5 Å². The average Bonchev–Trinajstić information content (AvgIpc) is 2.90. The van der Waals surface area contributed by atoms with Crippen molar-refractivity contribution < 1.29 is 9.59 Å². The molecule has 0 bridgehead atoms. The van der Waals surface area contributed by atoms with Gasteiger partial charge in [0.05, 0.1) is 5.52 Å². The molecule has 6 nitrogen and oxygen atoms in total. The first kappa shape index (κ1) is 18.6. The first-order chi connectivity index (χ1) is 12.0. The lowest BCUT2D eigenvalue weighted by atomic mass is 10.1. The van der Waals surface area contributed by atoms with E-state index in [1.54, 1.807) is 6.92 Å². The van der Waals surface area contributed by atoms with Crippen LogP contribution in [0.5, 0.6) is 0 Å². The number of nitrogens with two attached hydrogens (primary N) is 2. The highest BCUT2D eigenvalue weighted by Crippen LogP contribution is 2.31. The van der Waals surface area contributed by atoms with E-state index in [0.717, 1.165) is 22.0 Å². The molecule has 2 amide bonds. The number of fused-ring (bicyclic) bond motifs is 3. The van der Waals surface area contributed by atoms with Crippen molar-refractivity contribution in [1.82, 2.24) is 9.29 Å². The fourth-order valence-corrected chi connectivity index (χ4v) is 2.89. The maximum atomic E-state index is 11.9. The molecule has 25 heavy (non-hydrogen) atoms. The largest absolute Gasteiger partial charge is 0.351 e. The monoisotopic (exact) mass is 356 g/mol. The third-order valence-electron chi connectivity index (χ3n) is 3.64. The van der Waals surface area contributed by atoms with E-state index in [9.17, 15) is 9.59 Å². The van der Waals surface area contributed by atoms with Crippen molar-refractivity contribution in [2.75, 3.05) is 0 Å². The quantitative estimate of drug-likeness (QED) is 0.379. The van der Waals surface area contributed by atoms with Crippen molar-refractivity contribution in [3.8, 4) is 0 Å². The number of aromatic nitrogens is 1. The van der Waals surface area contributed by atoms with Crippen molar-refractivity contribution in [3.05, 3.63) is 60.7 Å². The van der Waals surface area contributed by atoms with Gasteiger partial charge in [-0.3, -0.25) is 14.7 Å². The van der Waals surface area contributed by atoms with E-state index in [4.69, 9.17) is 5.14 Å². The zero-order valence-corrected chi connectivity index (χ0v) is 14.7. The summed E-state index contributed by atoms with van der Waals surface area (Å²) in [5, 5.41) is 7.05. The molecule has 0 saturated carbocycles. The molecule has 5 N–H and O–H groups in total. The summed E-state index contributed by atoms with van der Waals surface area (Å²) in [6.45, 7) is 6.14. The molecule has 0 fully saturated rings. The predicted molar refractivity (Wildman–Crippen MR) is 104 cm³/mol. The SMILES string of the molecule is C=CCn1c2ccccc2c2cccc(C(C)=O)c21.NSNC(N)=O. The second-order valence-corrected chi connectivity index (χ2v) is 5.70. The van der Waals surface area contributed by atoms with Crippen LogP contribution in [0.2, 0.25) is 0 Å². The number of rotatable bonds is 4. The van der Waals surface area contributed by atoms with Crippen LogP contribution in [0.15, 0.2) is 55.1 Å². The molecule has 0 radical (unpaired) electrons. The van der Waals surface area contributed by atoms with Gasteiger partial charge in [0.2, 0.25) is 0 Å². The van der Waals surface area contributed by atoms with E-state index in [0.29, 0.717) is 18.7 Å². The number of ketones is 1. The van der Waals surface area contributed by atoms with E-state index < -0.39 is 6.03 Å². The van der Waals surface area contributed by atoms with Gasteiger partial charge in [0, 0.05) is 40.5 Å². The Morgan fingerprint density at radius 1 is 1.20 bits per heavy atom. The second kappa shape index (κ2) is 8.36. The Kier molecular flexibility index (Phi) is 6.21. The molecule has 0 spiro atoms. The number of nitrogens with one attached hydrogen (secondary N) is 1. The van der Waals surface area contributed by atoms with Gasteiger partial charge >= 0.3 is 6.03 Å². The van der Waals surface area contributed by atoms with Gasteiger partial charge in [-0.2, -0.15) is 0 Å². The lowest BCUT2D eigenvalue weighted by Gasteiger charge is -2.06. The summed E-state index contributed by atoms with van der Waals surface area (Å²) in [4.78, 5) is 21.5.